The predicted molar refractivity (Wildman–Crippen MR) is 45.9 cm³/mol. The highest BCUT2D eigenvalue weighted by molar-refractivity contribution is 6.71. The summed E-state index contributed by atoms with van der Waals surface area (Å²) in [7, 11) is -0.339. The summed E-state index contributed by atoms with van der Waals surface area (Å²) in [6.45, 7) is 7.89. The minimum atomic E-state index is -2.21. The molecule has 0 aromatic carbocycles. The van der Waals surface area contributed by atoms with Gasteiger partial charge in [-0.1, -0.05) is 13.8 Å². The predicted octanol–water partition coefficient (Wildman–Crippen LogP) is 1.41. The van der Waals surface area contributed by atoms with Gasteiger partial charge in [0.15, 0.2) is 0 Å². The quantitative estimate of drug-likeness (QED) is 0.622. The van der Waals surface area contributed by atoms with Crippen LogP contribution >= 0.6 is 0 Å². The van der Waals surface area contributed by atoms with Gasteiger partial charge < -0.3 is 5.32 Å². The molecule has 0 aromatic rings. The van der Waals surface area contributed by atoms with Crippen LogP contribution in [0, 0.1) is 5.92 Å². The molecule has 0 aliphatic heterocycles. The first-order chi connectivity index (χ1) is 4.39. The van der Waals surface area contributed by atoms with E-state index in [0.29, 0.717) is 5.92 Å². The van der Waals surface area contributed by atoms with Crippen molar-refractivity contribution in [2.75, 3.05) is 7.05 Å². The molecule has 2 nitrogen and oxygen atoms in total. The minimum Gasteiger partial charge on any atom is -0.317 e. The molecule has 0 saturated carbocycles. The second-order valence-corrected chi connectivity index (χ2v) is 7.44. The molecule has 1 N–H and O–H groups in total. The first-order valence-electron chi connectivity index (χ1n) is 3.77. The largest absolute Gasteiger partial charge is 0.317 e. The molecule has 0 spiro atoms. The van der Waals surface area contributed by atoms with Crippen LogP contribution in [0.5, 0.6) is 0 Å². The maximum absolute atomic E-state index is 11.6. The number of rotatable bonds is 3. The Hall–Kier alpha value is 0.137. The number of hydrogen-bond donors (Lipinski definition) is 1. The van der Waals surface area contributed by atoms with Crippen LogP contribution in [0.3, 0.4) is 0 Å². The van der Waals surface area contributed by atoms with E-state index >= 15 is 0 Å². The van der Waals surface area contributed by atoms with Gasteiger partial charge in [-0.3, -0.25) is 4.80 Å². The molecular formula is C7H18NOSi. The molecule has 1 atom stereocenters. The third kappa shape index (κ3) is 2.81. The van der Waals surface area contributed by atoms with Gasteiger partial charge in [-0.25, -0.2) is 0 Å². The highest BCUT2D eigenvalue weighted by Crippen LogP contribution is 2.12. The first-order valence-corrected chi connectivity index (χ1v) is 6.76. The van der Waals surface area contributed by atoms with E-state index < -0.39 is 8.32 Å². The molecule has 0 heterocycles. The Bertz CT molecular complexity index is 98.3. The van der Waals surface area contributed by atoms with E-state index in [9.17, 15) is 4.80 Å². The van der Waals surface area contributed by atoms with Gasteiger partial charge in [-0.05, 0) is 26.1 Å². The maximum Gasteiger partial charge on any atom is 0.248 e. The Balaban J connectivity index is 4.07. The van der Waals surface area contributed by atoms with E-state index in [4.69, 9.17) is 0 Å². The smallest absolute Gasteiger partial charge is 0.248 e. The van der Waals surface area contributed by atoms with Crippen LogP contribution < -0.4 is 5.32 Å². The van der Waals surface area contributed by atoms with Crippen molar-refractivity contribution in [3.63, 3.8) is 0 Å². The van der Waals surface area contributed by atoms with Crippen LogP contribution in [0.1, 0.15) is 13.8 Å². The monoisotopic (exact) mass is 160 g/mol. The van der Waals surface area contributed by atoms with E-state index in [2.05, 4.69) is 19.2 Å². The van der Waals surface area contributed by atoms with Crippen molar-refractivity contribution in [1.82, 2.24) is 5.32 Å². The van der Waals surface area contributed by atoms with Crippen molar-refractivity contribution >= 4 is 8.32 Å². The first kappa shape index (κ1) is 10.1. The summed E-state index contributed by atoms with van der Waals surface area (Å²) in [5, 5.41) is 3.09. The Morgan fingerprint density at radius 1 is 1.30 bits per heavy atom. The van der Waals surface area contributed by atoms with Gasteiger partial charge in [0.1, 0.15) is 0 Å². The number of nitrogens with one attached hydrogen (secondary N) is 1. The van der Waals surface area contributed by atoms with Crippen LogP contribution in [-0.2, 0) is 4.80 Å². The summed E-state index contributed by atoms with van der Waals surface area (Å²) in [4.78, 5) is 11.6. The van der Waals surface area contributed by atoms with Gasteiger partial charge in [0, 0.05) is 5.67 Å². The fraction of sp³-hybridized carbons (Fsp3) is 1.00. The topological polar surface area (TPSA) is 31.9 Å². The summed E-state index contributed by atoms with van der Waals surface area (Å²) in [6.07, 6.45) is 0. The third-order valence-electron chi connectivity index (χ3n) is 1.73. The molecular weight excluding hydrogens is 142 g/mol. The SMILES string of the molecule is CNC(C(C)C)[Si](C)(C)[O]. The molecule has 1 radical (unpaired) electrons. The fourth-order valence-corrected chi connectivity index (χ4v) is 3.78. The summed E-state index contributed by atoms with van der Waals surface area (Å²) in [6, 6.07) is 0. The summed E-state index contributed by atoms with van der Waals surface area (Å²) in [5.74, 6) is 0.462. The average molecular weight is 160 g/mol. The fourth-order valence-electron chi connectivity index (χ4n) is 1.48. The second-order valence-electron chi connectivity index (χ2n) is 3.61. The van der Waals surface area contributed by atoms with Gasteiger partial charge in [0.25, 0.3) is 0 Å². The maximum atomic E-state index is 11.6. The van der Waals surface area contributed by atoms with E-state index in [-0.39, 0.29) is 5.67 Å². The molecule has 0 aromatic heterocycles. The van der Waals surface area contributed by atoms with E-state index in [1.165, 1.54) is 0 Å². The van der Waals surface area contributed by atoms with Crippen molar-refractivity contribution in [2.24, 2.45) is 5.92 Å². The van der Waals surface area contributed by atoms with Crippen LogP contribution in [0.4, 0.5) is 0 Å². The molecule has 0 rings (SSSR count). The van der Waals surface area contributed by atoms with E-state index in [1.54, 1.807) is 0 Å². The molecule has 3 heteroatoms. The lowest BCUT2D eigenvalue weighted by Crippen LogP contribution is -2.51. The van der Waals surface area contributed by atoms with Crippen LogP contribution in [-0.4, -0.2) is 21.0 Å². The lowest BCUT2D eigenvalue weighted by atomic mass is 10.2. The Labute approximate surface area is 64.8 Å². The van der Waals surface area contributed by atoms with Crippen molar-refractivity contribution in [3.8, 4) is 0 Å². The standard InChI is InChI=1S/C7H18NOSi/c1-6(2)7(8-3)10(4,5)9/h6-8H,1-5H3. The lowest BCUT2D eigenvalue weighted by Gasteiger charge is -2.27. The molecule has 0 bridgehead atoms. The highest BCUT2D eigenvalue weighted by atomic mass is 28.4. The van der Waals surface area contributed by atoms with Crippen molar-refractivity contribution in [3.05, 3.63) is 0 Å². The molecule has 0 amide bonds. The summed E-state index contributed by atoms with van der Waals surface area (Å²) in [5.41, 5.74) is 0.201. The van der Waals surface area contributed by atoms with Gasteiger partial charge in [0.05, 0.1) is 0 Å². The van der Waals surface area contributed by atoms with Crippen LogP contribution in [0.25, 0.3) is 0 Å². The Morgan fingerprint density at radius 3 is 1.70 bits per heavy atom. The van der Waals surface area contributed by atoms with E-state index in [0.717, 1.165) is 0 Å². The van der Waals surface area contributed by atoms with Crippen molar-refractivity contribution in [2.45, 2.75) is 32.6 Å². The minimum absolute atomic E-state index is 0.201. The molecule has 0 aliphatic carbocycles. The summed E-state index contributed by atoms with van der Waals surface area (Å²) >= 11 is 0. The Kier molecular flexibility index (Phi) is 3.55. The zero-order valence-electron chi connectivity index (χ0n) is 7.56. The highest BCUT2D eigenvalue weighted by Gasteiger charge is 2.33. The molecule has 10 heavy (non-hydrogen) atoms. The van der Waals surface area contributed by atoms with Gasteiger partial charge >= 0.3 is 0 Å². The second kappa shape index (κ2) is 3.51. The third-order valence-corrected chi connectivity index (χ3v) is 4.18. The average Bonchev–Trinajstić information content (AvgIpc) is 1.60. The van der Waals surface area contributed by atoms with Gasteiger partial charge in [0.2, 0.25) is 8.32 Å². The van der Waals surface area contributed by atoms with Crippen molar-refractivity contribution < 1.29 is 4.80 Å². The zero-order valence-corrected chi connectivity index (χ0v) is 8.56. The van der Waals surface area contributed by atoms with Crippen LogP contribution in [0.2, 0.25) is 13.1 Å². The van der Waals surface area contributed by atoms with Crippen molar-refractivity contribution in [1.29, 1.82) is 0 Å². The lowest BCUT2D eigenvalue weighted by molar-refractivity contribution is 0.373. The van der Waals surface area contributed by atoms with Gasteiger partial charge in [-0.2, -0.15) is 0 Å². The normalized spacial score (nSPS) is 15.9. The van der Waals surface area contributed by atoms with Crippen LogP contribution in [0.15, 0.2) is 0 Å². The number of hydrogen-bond acceptors (Lipinski definition) is 1. The molecule has 0 fully saturated rings. The molecule has 1 unspecified atom stereocenters. The molecule has 0 aliphatic rings. The molecule has 61 valence electrons. The summed E-state index contributed by atoms with van der Waals surface area (Å²) < 4.78 is 0. The Morgan fingerprint density at radius 2 is 1.70 bits per heavy atom. The van der Waals surface area contributed by atoms with Gasteiger partial charge in [-0.15, -0.1) is 0 Å². The molecule has 0 saturated heterocycles. The zero-order chi connectivity index (χ0) is 8.36. The van der Waals surface area contributed by atoms with E-state index in [1.807, 2.05) is 20.1 Å².